The lowest BCUT2D eigenvalue weighted by Crippen LogP contribution is -2.36. The number of rotatable bonds is 4. The Morgan fingerprint density at radius 3 is 2.61 bits per heavy atom. The second kappa shape index (κ2) is 8.46. The first kappa shape index (κ1) is 19.9. The molecular formula is C21H19F3N2O2. The van der Waals surface area contributed by atoms with E-state index in [9.17, 15) is 18.0 Å². The van der Waals surface area contributed by atoms with Crippen LogP contribution in [0.2, 0.25) is 0 Å². The molecule has 0 aliphatic carbocycles. The molecule has 1 fully saturated rings. The van der Waals surface area contributed by atoms with Crippen molar-refractivity contribution >= 4 is 11.6 Å². The van der Waals surface area contributed by atoms with Crippen LogP contribution in [0.4, 0.5) is 18.9 Å². The van der Waals surface area contributed by atoms with Gasteiger partial charge in [0.2, 0.25) is 0 Å². The number of morpholine rings is 1. The van der Waals surface area contributed by atoms with Gasteiger partial charge in [0.1, 0.15) is 0 Å². The van der Waals surface area contributed by atoms with Crippen molar-refractivity contribution in [2.75, 3.05) is 31.6 Å². The second-order valence-corrected chi connectivity index (χ2v) is 6.44. The minimum Gasteiger partial charge on any atom is -0.379 e. The van der Waals surface area contributed by atoms with E-state index >= 15 is 0 Å². The van der Waals surface area contributed by atoms with Gasteiger partial charge in [-0.2, -0.15) is 13.2 Å². The summed E-state index contributed by atoms with van der Waals surface area (Å²) >= 11 is 0. The molecule has 1 heterocycles. The van der Waals surface area contributed by atoms with E-state index in [1.54, 1.807) is 18.2 Å². The van der Waals surface area contributed by atoms with Crippen molar-refractivity contribution in [2.45, 2.75) is 12.7 Å². The maximum atomic E-state index is 13.6. The Kier molecular flexibility index (Phi) is 6.02. The van der Waals surface area contributed by atoms with E-state index in [1.807, 2.05) is 4.90 Å². The summed E-state index contributed by atoms with van der Waals surface area (Å²) in [5.74, 6) is 1.90. The second-order valence-electron chi connectivity index (χ2n) is 6.44. The Hall–Kier alpha value is -2.82. The van der Waals surface area contributed by atoms with E-state index in [0.717, 1.165) is 6.07 Å². The van der Waals surface area contributed by atoms with Crippen molar-refractivity contribution in [1.29, 1.82) is 0 Å². The van der Waals surface area contributed by atoms with Crippen molar-refractivity contribution in [3.05, 3.63) is 64.7 Å². The molecule has 0 radical (unpaired) electrons. The fourth-order valence-corrected chi connectivity index (χ4v) is 3.01. The number of alkyl halides is 3. The van der Waals surface area contributed by atoms with Gasteiger partial charge in [-0.25, -0.2) is 0 Å². The summed E-state index contributed by atoms with van der Waals surface area (Å²) in [6.45, 7) is 2.36. The number of terminal acetylenes is 1. The predicted octanol–water partition coefficient (Wildman–Crippen LogP) is 3.77. The minimum absolute atomic E-state index is 0.0779. The molecule has 1 saturated heterocycles. The Bertz CT molecular complexity index is 897. The molecule has 1 amide bonds. The van der Waals surface area contributed by atoms with Crippen molar-refractivity contribution in [1.82, 2.24) is 4.90 Å². The molecule has 0 atom stereocenters. The highest BCUT2D eigenvalue weighted by atomic mass is 19.4. The van der Waals surface area contributed by atoms with Gasteiger partial charge in [0.05, 0.1) is 18.8 Å². The van der Waals surface area contributed by atoms with Crippen molar-refractivity contribution in [3.63, 3.8) is 0 Å². The monoisotopic (exact) mass is 388 g/mol. The molecule has 3 rings (SSSR count). The molecule has 1 aliphatic rings. The van der Waals surface area contributed by atoms with Gasteiger partial charge in [-0.15, -0.1) is 6.42 Å². The summed E-state index contributed by atoms with van der Waals surface area (Å²) in [6, 6.07) is 10.2. The quantitative estimate of drug-likeness (QED) is 0.811. The van der Waals surface area contributed by atoms with Crippen LogP contribution in [-0.2, 0) is 17.5 Å². The van der Waals surface area contributed by atoms with Gasteiger partial charge < -0.3 is 10.1 Å². The lowest BCUT2D eigenvalue weighted by atomic mass is 10.0. The number of hydrogen-bond donors (Lipinski definition) is 1. The van der Waals surface area contributed by atoms with Gasteiger partial charge in [-0.05, 0) is 35.9 Å². The van der Waals surface area contributed by atoms with Crippen LogP contribution in [0, 0.1) is 12.3 Å². The molecule has 2 aromatic carbocycles. The average Bonchev–Trinajstić information content (AvgIpc) is 2.69. The third kappa shape index (κ3) is 4.91. The fourth-order valence-electron chi connectivity index (χ4n) is 3.01. The van der Waals surface area contributed by atoms with E-state index < -0.39 is 17.6 Å². The van der Waals surface area contributed by atoms with Gasteiger partial charge >= 0.3 is 6.18 Å². The Balaban J connectivity index is 1.82. The third-order valence-electron chi connectivity index (χ3n) is 4.46. The van der Waals surface area contributed by atoms with Crippen molar-refractivity contribution in [2.24, 2.45) is 0 Å². The lowest BCUT2D eigenvalue weighted by molar-refractivity contribution is -0.138. The van der Waals surface area contributed by atoms with Crippen LogP contribution in [-0.4, -0.2) is 37.1 Å². The van der Waals surface area contributed by atoms with Crippen LogP contribution in [0.5, 0.6) is 0 Å². The molecule has 28 heavy (non-hydrogen) atoms. The Morgan fingerprint density at radius 2 is 1.93 bits per heavy atom. The molecule has 1 N–H and O–H groups in total. The van der Waals surface area contributed by atoms with Crippen LogP contribution in [0.3, 0.4) is 0 Å². The first-order valence-electron chi connectivity index (χ1n) is 8.75. The average molecular weight is 388 g/mol. The highest BCUT2D eigenvalue weighted by Crippen LogP contribution is 2.34. The van der Waals surface area contributed by atoms with E-state index in [0.29, 0.717) is 31.9 Å². The SMILES string of the molecule is C#Cc1cccc(C(=O)Nc2ccc(CN3CCOCC3)c(C(F)(F)F)c2)c1. The lowest BCUT2D eigenvalue weighted by Gasteiger charge is -2.27. The van der Waals surface area contributed by atoms with Gasteiger partial charge in [0.25, 0.3) is 5.91 Å². The summed E-state index contributed by atoms with van der Waals surface area (Å²) in [5, 5.41) is 2.51. The van der Waals surface area contributed by atoms with Crippen LogP contribution in [0.15, 0.2) is 42.5 Å². The third-order valence-corrected chi connectivity index (χ3v) is 4.46. The Morgan fingerprint density at radius 1 is 1.18 bits per heavy atom. The Labute approximate surface area is 161 Å². The van der Waals surface area contributed by atoms with E-state index in [-0.39, 0.29) is 23.4 Å². The van der Waals surface area contributed by atoms with Gasteiger partial charge in [-0.1, -0.05) is 18.1 Å². The molecule has 0 aromatic heterocycles. The molecule has 0 bridgehead atoms. The maximum absolute atomic E-state index is 13.6. The first-order valence-corrected chi connectivity index (χ1v) is 8.75. The van der Waals surface area contributed by atoms with E-state index in [2.05, 4.69) is 11.2 Å². The number of halogens is 3. The number of anilines is 1. The summed E-state index contributed by atoms with van der Waals surface area (Å²) in [6.07, 6.45) is 0.792. The molecule has 4 nitrogen and oxygen atoms in total. The summed E-state index contributed by atoms with van der Waals surface area (Å²) in [4.78, 5) is 14.3. The highest BCUT2D eigenvalue weighted by Gasteiger charge is 2.34. The highest BCUT2D eigenvalue weighted by molar-refractivity contribution is 6.04. The van der Waals surface area contributed by atoms with E-state index in [4.69, 9.17) is 11.2 Å². The fraction of sp³-hybridized carbons (Fsp3) is 0.286. The van der Waals surface area contributed by atoms with Crippen molar-refractivity contribution < 1.29 is 22.7 Å². The van der Waals surface area contributed by atoms with Crippen LogP contribution >= 0.6 is 0 Å². The molecule has 1 aliphatic heterocycles. The summed E-state index contributed by atoms with van der Waals surface area (Å²) in [5.41, 5.74) is 0.288. The summed E-state index contributed by atoms with van der Waals surface area (Å²) < 4.78 is 45.9. The number of carbonyl (C=O) groups is 1. The number of ether oxygens (including phenoxy) is 1. The normalized spacial score (nSPS) is 15.1. The minimum atomic E-state index is -4.52. The van der Waals surface area contributed by atoms with Crippen LogP contribution < -0.4 is 5.32 Å². The molecule has 146 valence electrons. The predicted molar refractivity (Wildman–Crippen MR) is 99.9 cm³/mol. The zero-order valence-electron chi connectivity index (χ0n) is 15.1. The van der Waals surface area contributed by atoms with Crippen LogP contribution in [0.1, 0.15) is 27.0 Å². The number of carbonyl (C=O) groups excluding carboxylic acids is 1. The first-order chi connectivity index (χ1) is 13.4. The molecule has 0 saturated carbocycles. The smallest absolute Gasteiger partial charge is 0.379 e. The van der Waals surface area contributed by atoms with Gasteiger partial charge in [-0.3, -0.25) is 9.69 Å². The number of nitrogens with zero attached hydrogens (tertiary/aromatic N) is 1. The van der Waals surface area contributed by atoms with Crippen LogP contribution in [0.25, 0.3) is 0 Å². The molecule has 0 unspecified atom stereocenters. The topological polar surface area (TPSA) is 41.6 Å². The maximum Gasteiger partial charge on any atom is 0.416 e. The number of amides is 1. The molecule has 2 aromatic rings. The zero-order valence-corrected chi connectivity index (χ0v) is 15.1. The summed E-state index contributed by atoms with van der Waals surface area (Å²) in [7, 11) is 0. The molecule has 0 spiro atoms. The standard InChI is InChI=1S/C21H19F3N2O2/c1-2-15-4-3-5-16(12-15)20(27)25-18-7-6-17(19(13-18)21(22,23)24)14-26-8-10-28-11-9-26/h1,3-7,12-13H,8-11,14H2,(H,25,27). The van der Waals surface area contributed by atoms with E-state index in [1.165, 1.54) is 18.2 Å². The molecular weight excluding hydrogens is 369 g/mol. The van der Waals surface area contributed by atoms with Crippen molar-refractivity contribution in [3.8, 4) is 12.3 Å². The number of nitrogens with one attached hydrogen (secondary N) is 1. The number of hydrogen-bond acceptors (Lipinski definition) is 3. The zero-order chi connectivity index (χ0) is 20.1. The number of benzene rings is 2. The van der Waals surface area contributed by atoms with Gasteiger partial charge in [0, 0.05) is 36.4 Å². The van der Waals surface area contributed by atoms with Gasteiger partial charge in [0.15, 0.2) is 0 Å². The largest absolute Gasteiger partial charge is 0.416 e. The molecule has 7 heteroatoms.